The average molecular weight is 378 g/mol. The molecule has 1 aromatic rings. The van der Waals surface area contributed by atoms with Crippen LogP contribution in [0.2, 0.25) is 0 Å². The predicted molar refractivity (Wildman–Crippen MR) is 91.3 cm³/mol. The van der Waals surface area contributed by atoms with Gasteiger partial charge in [0.25, 0.3) is 0 Å². The van der Waals surface area contributed by atoms with Crippen LogP contribution in [0.3, 0.4) is 0 Å². The second-order valence-electron chi connectivity index (χ2n) is 6.10. The van der Waals surface area contributed by atoms with Gasteiger partial charge in [0.1, 0.15) is 5.82 Å². The number of nitrogens with one attached hydrogen (secondary N) is 1. The number of rotatable bonds is 5. The molecule has 1 N–H and O–H groups in total. The summed E-state index contributed by atoms with van der Waals surface area (Å²) in [5.74, 6) is -0.407. The fraction of sp³-hybridized carbons (Fsp3) is 0.588. The van der Waals surface area contributed by atoms with Crippen LogP contribution in [-0.2, 0) is 0 Å². The number of alkyl halides is 3. The molecule has 3 nitrogen and oxygen atoms in total. The van der Waals surface area contributed by atoms with Crippen molar-refractivity contribution in [1.82, 2.24) is 5.32 Å². The van der Waals surface area contributed by atoms with Crippen molar-refractivity contribution in [2.45, 2.75) is 49.4 Å². The van der Waals surface area contributed by atoms with Crippen LogP contribution in [0.1, 0.15) is 39.0 Å². The first-order valence-corrected chi connectivity index (χ1v) is 9.22. The zero-order valence-corrected chi connectivity index (χ0v) is 14.9. The number of carbonyl (C=O) groups is 1. The lowest BCUT2D eigenvalue weighted by molar-refractivity contribution is -0.0328. The Bertz CT molecular complexity index is 589. The van der Waals surface area contributed by atoms with Crippen LogP contribution in [0.25, 0.3) is 0 Å². The number of amides is 2. The number of urea groups is 1. The van der Waals surface area contributed by atoms with Crippen molar-refractivity contribution in [2.75, 3.05) is 18.0 Å². The van der Waals surface area contributed by atoms with Crippen molar-refractivity contribution >= 4 is 23.5 Å². The number of benzene rings is 1. The molecule has 25 heavy (non-hydrogen) atoms. The third kappa shape index (κ3) is 6.09. The summed E-state index contributed by atoms with van der Waals surface area (Å²) in [6, 6.07) is 2.77. The Labute approximate surface area is 149 Å². The molecule has 1 fully saturated rings. The van der Waals surface area contributed by atoms with Gasteiger partial charge in [-0.05, 0) is 55.6 Å². The van der Waals surface area contributed by atoms with Gasteiger partial charge in [-0.3, -0.25) is 4.90 Å². The lowest BCUT2D eigenvalue weighted by Gasteiger charge is -2.26. The van der Waals surface area contributed by atoms with Crippen LogP contribution in [0, 0.1) is 11.7 Å². The Morgan fingerprint density at radius 3 is 2.52 bits per heavy atom. The highest BCUT2D eigenvalue weighted by Crippen LogP contribution is 2.38. The largest absolute Gasteiger partial charge is 0.446 e. The van der Waals surface area contributed by atoms with Crippen LogP contribution < -0.4 is 10.2 Å². The number of nitrogens with zero attached hydrogens (tertiary/aromatic N) is 1. The summed E-state index contributed by atoms with van der Waals surface area (Å²) in [4.78, 5) is 13.3. The van der Waals surface area contributed by atoms with Gasteiger partial charge < -0.3 is 5.32 Å². The zero-order chi connectivity index (χ0) is 18.4. The number of hydrogen-bond donors (Lipinski definition) is 1. The van der Waals surface area contributed by atoms with E-state index >= 15 is 0 Å². The lowest BCUT2D eigenvalue weighted by Crippen LogP contribution is -2.42. The van der Waals surface area contributed by atoms with E-state index in [9.17, 15) is 22.4 Å². The Morgan fingerprint density at radius 2 is 1.96 bits per heavy atom. The Balaban J connectivity index is 2.01. The Hall–Kier alpha value is -1.44. The molecule has 0 aliphatic heterocycles. The molecule has 0 unspecified atom stereocenters. The van der Waals surface area contributed by atoms with Gasteiger partial charge in [-0.25, -0.2) is 9.18 Å². The molecular weight excluding hydrogens is 356 g/mol. The molecule has 1 aliphatic carbocycles. The maximum atomic E-state index is 14.2. The normalized spacial score (nSPS) is 15.9. The molecule has 8 heteroatoms. The van der Waals surface area contributed by atoms with E-state index < -0.39 is 17.4 Å². The Morgan fingerprint density at radius 1 is 1.28 bits per heavy atom. The monoisotopic (exact) mass is 378 g/mol. The molecule has 1 saturated carbocycles. The molecule has 0 heterocycles. The molecule has 1 aromatic carbocycles. The summed E-state index contributed by atoms with van der Waals surface area (Å²) in [5.41, 5.74) is -4.49. The van der Waals surface area contributed by atoms with Gasteiger partial charge in [-0.2, -0.15) is 13.2 Å². The molecule has 0 radical (unpaired) electrons. The first-order chi connectivity index (χ1) is 11.8. The van der Waals surface area contributed by atoms with Gasteiger partial charge in [-0.1, -0.05) is 19.3 Å². The van der Waals surface area contributed by atoms with E-state index in [1.807, 2.05) is 0 Å². The Kier molecular flexibility index (Phi) is 6.98. The van der Waals surface area contributed by atoms with Gasteiger partial charge in [0.05, 0.1) is 5.69 Å². The van der Waals surface area contributed by atoms with E-state index in [0.29, 0.717) is 12.5 Å². The molecule has 0 atom stereocenters. The zero-order valence-electron chi connectivity index (χ0n) is 14.0. The van der Waals surface area contributed by atoms with E-state index in [2.05, 4.69) is 5.32 Å². The quantitative estimate of drug-likeness (QED) is 0.538. The van der Waals surface area contributed by atoms with Crippen molar-refractivity contribution in [3.05, 3.63) is 24.0 Å². The minimum atomic E-state index is -4.48. The van der Waals surface area contributed by atoms with Gasteiger partial charge in [0.15, 0.2) is 0 Å². The number of carbonyl (C=O) groups excluding carboxylic acids is 1. The highest BCUT2D eigenvalue weighted by molar-refractivity contribution is 8.00. The lowest BCUT2D eigenvalue weighted by atomic mass is 9.89. The van der Waals surface area contributed by atoms with Crippen molar-refractivity contribution < 1.29 is 22.4 Å². The second-order valence-corrected chi connectivity index (χ2v) is 7.23. The molecular formula is C17H22F4N2OS. The molecule has 2 rings (SSSR count). The summed E-state index contributed by atoms with van der Waals surface area (Å²) in [5, 5.41) is 2.82. The first kappa shape index (κ1) is 19.9. The number of halogens is 4. The SMILES string of the molecule is CCN(C(=O)NCC1CCCCC1)c1ccc(SC(F)(F)F)cc1F. The third-order valence-corrected chi connectivity index (χ3v) is 4.99. The number of hydrogen-bond acceptors (Lipinski definition) is 2. The van der Waals surface area contributed by atoms with Gasteiger partial charge in [0.2, 0.25) is 0 Å². The summed E-state index contributed by atoms with van der Waals surface area (Å²) in [6.07, 6.45) is 5.68. The summed E-state index contributed by atoms with van der Waals surface area (Å²) < 4.78 is 51.3. The first-order valence-electron chi connectivity index (χ1n) is 8.41. The van der Waals surface area contributed by atoms with Crippen LogP contribution in [0.15, 0.2) is 23.1 Å². The summed E-state index contributed by atoms with van der Waals surface area (Å²) >= 11 is -0.379. The van der Waals surface area contributed by atoms with Crippen LogP contribution in [0.5, 0.6) is 0 Å². The van der Waals surface area contributed by atoms with E-state index in [1.54, 1.807) is 6.92 Å². The van der Waals surface area contributed by atoms with E-state index in [-0.39, 0.29) is 28.9 Å². The van der Waals surface area contributed by atoms with E-state index in [1.165, 1.54) is 23.5 Å². The van der Waals surface area contributed by atoms with Crippen molar-refractivity contribution in [3.8, 4) is 0 Å². The van der Waals surface area contributed by atoms with Crippen molar-refractivity contribution in [1.29, 1.82) is 0 Å². The molecule has 140 valence electrons. The van der Waals surface area contributed by atoms with E-state index in [4.69, 9.17) is 0 Å². The number of anilines is 1. The fourth-order valence-electron chi connectivity index (χ4n) is 3.05. The number of thioether (sulfide) groups is 1. The predicted octanol–water partition coefficient (Wildman–Crippen LogP) is 5.55. The van der Waals surface area contributed by atoms with Crippen molar-refractivity contribution in [3.63, 3.8) is 0 Å². The minimum absolute atomic E-state index is 0.0184. The molecule has 1 aliphatic rings. The summed E-state index contributed by atoms with van der Waals surface area (Å²) in [6.45, 7) is 2.45. The molecule has 2 amide bonds. The maximum Gasteiger partial charge on any atom is 0.446 e. The van der Waals surface area contributed by atoms with E-state index in [0.717, 1.165) is 31.7 Å². The fourth-order valence-corrected chi connectivity index (χ4v) is 3.61. The maximum absolute atomic E-state index is 14.2. The molecule has 0 saturated heterocycles. The third-order valence-electron chi connectivity index (χ3n) is 4.27. The highest BCUT2D eigenvalue weighted by Gasteiger charge is 2.30. The average Bonchev–Trinajstić information content (AvgIpc) is 2.55. The molecule has 0 aromatic heterocycles. The van der Waals surface area contributed by atoms with Crippen LogP contribution >= 0.6 is 11.8 Å². The van der Waals surface area contributed by atoms with Gasteiger partial charge in [-0.15, -0.1) is 0 Å². The summed E-state index contributed by atoms with van der Waals surface area (Å²) in [7, 11) is 0. The minimum Gasteiger partial charge on any atom is -0.337 e. The van der Waals surface area contributed by atoms with Crippen LogP contribution in [-0.4, -0.2) is 24.6 Å². The molecule has 0 bridgehead atoms. The molecule has 0 spiro atoms. The standard InChI is InChI=1S/C17H22F4N2OS/c1-2-23(16(24)22-11-12-6-4-3-5-7-12)15-9-8-13(10-14(15)18)25-17(19,20)21/h8-10,12H,2-7,11H2,1H3,(H,22,24). The highest BCUT2D eigenvalue weighted by atomic mass is 32.2. The smallest absolute Gasteiger partial charge is 0.337 e. The second kappa shape index (κ2) is 8.78. The van der Waals surface area contributed by atoms with Gasteiger partial charge in [0, 0.05) is 18.0 Å². The van der Waals surface area contributed by atoms with Gasteiger partial charge >= 0.3 is 11.5 Å². The van der Waals surface area contributed by atoms with Crippen molar-refractivity contribution in [2.24, 2.45) is 5.92 Å². The topological polar surface area (TPSA) is 32.3 Å². The van der Waals surface area contributed by atoms with Crippen LogP contribution in [0.4, 0.5) is 28.0 Å².